The van der Waals surface area contributed by atoms with Crippen LogP contribution in [-0.4, -0.2) is 0 Å². The summed E-state index contributed by atoms with van der Waals surface area (Å²) >= 11 is 19.1. The van der Waals surface area contributed by atoms with Crippen LogP contribution in [0.3, 0.4) is 0 Å². The monoisotopic (exact) mass is 349 g/mol. The first-order chi connectivity index (χ1) is 10.6. The maximum atomic E-state index is 6.45. The second-order valence-electron chi connectivity index (χ2n) is 5.85. The molecule has 0 saturated heterocycles. The number of hydrogen-bond acceptors (Lipinski definition) is 1. The lowest BCUT2D eigenvalue weighted by atomic mass is 9.77. The summed E-state index contributed by atoms with van der Waals surface area (Å²) in [4.78, 5) is 0. The second-order valence-corrected chi connectivity index (χ2v) is 7.10. The minimum atomic E-state index is 0.163. The van der Waals surface area contributed by atoms with Crippen LogP contribution < -0.4 is 5.32 Å². The molecule has 1 aliphatic carbocycles. The van der Waals surface area contributed by atoms with E-state index in [1.165, 1.54) is 0 Å². The molecule has 0 amide bonds. The van der Waals surface area contributed by atoms with Gasteiger partial charge in [0.15, 0.2) is 0 Å². The van der Waals surface area contributed by atoms with Gasteiger partial charge in [-0.1, -0.05) is 65.2 Å². The summed E-state index contributed by atoms with van der Waals surface area (Å²) in [5.41, 5.74) is 3.29. The predicted molar refractivity (Wildman–Crippen MR) is 94.3 cm³/mol. The van der Waals surface area contributed by atoms with E-state index in [0.29, 0.717) is 16.9 Å². The number of rotatable bonds is 1. The van der Waals surface area contributed by atoms with Gasteiger partial charge in [-0.25, -0.2) is 0 Å². The van der Waals surface area contributed by atoms with Gasteiger partial charge in [-0.2, -0.15) is 0 Å². The smallest absolute Gasteiger partial charge is 0.0568 e. The molecule has 3 atom stereocenters. The molecule has 1 aliphatic heterocycles. The Morgan fingerprint density at radius 1 is 1.00 bits per heavy atom. The summed E-state index contributed by atoms with van der Waals surface area (Å²) in [5.74, 6) is 0.730. The molecule has 0 spiro atoms. The zero-order valence-electron chi connectivity index (χ0n) is 11.7. The van der Waals surface area contributed by atoms with Crippen molar-refractivity contribution in [2.24, 2.45) is 5.92 Å². The van der Waals surface area contributed by atoms with Crippen molar-refractivity contribution < 1.29 is 0 Å². The van der Waals surface area contributed by atoms with E-state index in [-0.39, 0.29) is 6.04 Å². The van der Waals surface area contributed by atoms with Gasteiger partial charge in [-0.3, -0.25) is 0 Å². The quantitative estimate of drug-likeness (QED) is 0.581. The van der Waals surface area contributed by atoms with E-state index in [2.05, 4.69) is 23.5 Å². The molecular weight excluding hydrogens is 337 g/mol. The predicted octanol–water partition coefficient (Wildman–Crippen LogP) is 6.47. The van der Waals surface area contributed by atoms with Crippen LogP contribution in [0.5, 0.6) is 0 Å². The van der Waals surface area contributed by atoms with E-state index >= 15 is 0 Å². The Hall–Kier alpha value is -1.15. The van der Waals surface area contributed by atoms with Crippen molar-refractivity contribution >= 4 is 40.5 Å². The fourth-order valence-corrected chi connectivity index (χ4v) is 4.55. The first kappa shape index (κ1) is 14.4. The van der Waals surface area contributed by atoms with Gasteiger partial charge in [0.2, 0.25) is 0 Å². The highest BCUT2D eigenvalue weighted by atomic mass is 35.5. The number of halogens is 3. The topological polar surface area (TPSA) is 12.0 Å². The molecule has 4 rings (SSSR count). The third-order valence-corrected chi connectivity index (χ3v) is 5.50. The summed E-state index contributed by atoms with van der Waals surface area (Å²) in [6.07, 6.45) is 5.51. The van der Waals surface area contributed by atoms with E-state index in [1.54, 1.807) is 0 Å². The van der Waals surface area contributed by atoms with Crippen molar-refractivity contribution in [1.29, 1.82) is 0 Å². The average molecular weight is 351 g/mol. The van der Waals surface area contributed by atoms with E-state index in [0.717, 1.165) is 33.3 Å². The van der Waals surface area contributed by atoms with E-state index < -0.39 is 0 Å². The summed E-state index contributed by atoms with van der Waals surface area (Å²) in [7, 11) is 0. The van der Waals surface area contributed by atoms with Crippen LogP contribution in [0.25, 0.3) is 0 Å². The molecule has 0 fully saturated rings. The largest absolute Gasteiger partial charge is 0.378 e. The molecular formula is C18H14Cl3N. The lowest BCUT2D eigenvalue weighted by Crippen LogP contribution is -2.29. The number of benzene rings is 2. The molecule has 0 saturated carbocycles. The molecule has 0 bridgehead atoms. The lowest BCUT2D eigenvalue weighted by Gasteiger charge is -2.38. The highest BCUT2D eigenvalue weighted by Crippen LogP contribution is 2.53. The molecule has 22 heavy (non-hydrogen) atoms. The number of anilines is 1. The fourth-order valence-electron chi connectivity index (χ4n) is 3.68. The van der Waals surface area contributed by atoms with Crippen LogP contribution in [0.2, 0.25) is 15.1 Å². The maximum Gasteiger partial charge on any atom is 0.0568 e. The Balaban J connectivity index is 1.86. The van der Waals surface area contributed by atoms with Crippen LogP contribution >= 0.6 is 34.8 Å². The van der Waals surface area contributed by atoms with Gasteiger partial charge in [0, 0.05) is 32.2 Å². The van der Waals surface area contributed by atoms with Crippen LogP contribution in [0.1, 0.15) is 29.5 Å². The number of hydrogen-bond donors (Lipinski definition) is 1. The van der Waals surface area contributed by atoms with Crippen molar-refractivity contribution in [3.63, 3.8) is 0 Å². The van der Waals surface area contributed by atoms with Crippen molar-refractivity contribution in [3.05, 3.63) is 74.7 Å². The SMILES string of the molecule is Clc1cc(Cl)c2c(c1)N[C@H](c1ccccc1Cl)[C@@H]1CC=C[C@H]21. The number of allylic oxidation sites excluding steroid dienone is 2. The van der Waals surface area contributed by atoms with Gasteiger partial charge < -0.3 is 5.32 Å². The number of nitrogens with one attached hydrogen (secondary N) is 1. The van der Waals surface area contributed by atoms with Crippen LogP contribution in [0.15, 0.2) is 48.6 Å². The lowest BCUT2D eigenvalue weighted by molar-refractivity contribution is 0.426. The van der Waals surface area contributed by atoms with Crippen LogP contribution in [0.4, 0.5) is 5.69 Å². The van der Waals surface area contributed by atoms with Gasteiger partial charge >= 0.3 is 0 Å². The molecule has 2 aromatic carbocycles. The van der Waals surface area contributed by atoms with E-state index in [9.17, 15) is 0 Å². The van der Waals surface area contributed by atoms with Crippen molar-refractivity contribution in [1.82, 2.24) is 0 Å². The van der Waals surface area contributed by atoms with Crippen molar-refractivity contribution in [2.75, 3.05) is 5.32 Å². The van der Waals surface area contributed by atoms with Crippen LogP contribution in [0, 0.1) is 5.92 Å². The van der Waals surface area contributed by atoms with Gasteiger partial charge in [0.1, 0.15) is 0 Å². The Kier molecular flexibility index (Phi) is 3.60. The van der Waals surface area contributed by atoms with E-state index in [1.807, 2.05) is 30.3 Å². The first-order valence-electron chi connectivity index (χ1n) is 7.31. The summed E-state index contributed by atoms with van der Waals surface area (Å²) in [6, 6.07) is 12.0. The third-order valence-electron chi connectivity index (χ3n) is 4.62. The molecule has 1 nitrogen and oxygen atoms in total. The van der Waals surface area contributed by atoms with Crippen molar-refractivity contribution in [3.8, 4) is 0 Å². The fraction of sp³-hybridized carbons (Fsp3) is 0.222. The standard InChI is InChI=1S/C18H14Cl3N/c19-10-8-15(21)17-11-5-3-6-12(11)18(22-16(17)9-10)13-4-1-2-7-14(13)20/h1-5,7-9,11-12,18,22H,6H2/t11-,12+,18-/m0/s1. The normalized spacial score (nSPS) is 25.5. The molecule has 2 aliphatic rings. The van der Waals surface area contributed by atoms with Crippen molar-refractivity contribution in [2.45, 2.75) is 18.4 Å². The minimum absolute atomic E-state index is 0.163. The maximum absolute atomic E-state index is 6.45. The second kappa shape index (κ2) is 5.49. The molecule has 4 heteroatoms. The molecule has 112 valence electrons. The highest BCUT2D eigenvalue weighted by molar-refractivity contribution is 6.35. The molecule has 0 radical (unpaired) electrons. The Labute approximate surface area is 144 Å². The molecule has 2 aromatic rings. The summed E-state index contributed by atoms with van der Waals surface area (Å²) in [6.45, 7) is 0. The van der Waals surface area contributed by atoms with Gasteiger partial charge in [0.05, 0.1) is 6.04 Å². The highest BCUT2D eigenvalue weighted by Gasteiger charge is 2.39. The summed E-state index contributed by atoms with van der Waals surface area (Å²) < 4.78 is 0. The van der Waals surface area contributed by atoms with Gasteiger partial charge in [-0.15, -0.1) is 0 Å². The summed E-state index contributed by atoms with van der Waals surface area (Å²) in [5, 5.41) is 5.79. The minimum Gasteiger partial charge on any atom is -0.378 e. The Bertz CT molecular complexity index is 769. The first-order valence-corrected chi connectivity index (χ1v) is 8.45. The molecule has 0 aromatic heterocycles. The van der Waals surface area contributed by atoms with Crippen LogP contribution in [-0.2, 0) is 0 Å². The Morgan fingerprint density at radius 3 is 2.64 bits per heavy atom. The molecule has 1 heterocycles. The average Bonchev–Trinajstić information content (AvgIpc) is 2.95. The molecule has 0 unspecified atom stereocenters. The Morgan fingerprint density at radius 2 is 1.82 bits per heavy atom. The zero-order chi connectivity index (χ0) is 15.3. The zero-order valence-corrected chi connectivity index (χ0v) is 14.0. The van der Waals surface area contributed by atoms with Gasteiger partial charge in [-0.05, 0) is 36.1 Å². The van der Waals surface area contributed by atoms with E-state index in [4.69, 9.17) is 34.8 Å². The molecule has 1 N–H and O–H groups in total. The van der Waals surface area contributed by atoms with Gasteiger partial charge in [0.25, 0.3) is 0 Å². The number of fused-ring (bicyclic) bond motifs is 3. The third kappa shape index (κ3) is 2.23.